The van der Waals surface area contributed by atoms with Crippen LogP contribution in [0.1, 0.15) is 22.8 Å². The van der Waals surface area contributed by atoms with Gasteiger partial charge < -0.3 is 24.7 Å². The quantitative estimate of drug-likeness (QED) is 0.592. The fourth-order valence-electron chi connectivity index (χ4n) is 3.37. The first-order valence-electron chi connectivity index (χ1n) is 8.11. The van der Waals surface area contributed by atoms with Crippen molar-refractivity contribution in [1.29, 1.82) is 0 Å². The average molecular weight is 447 g/mol. The van der Waals surface area contributed by atoms with Crippen LogP contribution < -0.4 is 14.3 Å². The molecular formula is C17H15F2NO7S2. The Bertz CT molecular complexity index is 1010. The van der Waals surface area contributed by atoms with Gasteiger partial charge in [-0.2, -0.15) is 8.78 Å². The van der Waals surface area contributed by atoms with Gasteiger partial charge in [0, 0.05) is 16.5 Å². The number of nitrogens with one attached hydrogen (secondary N) is 1. The average Bonchev–Trinajstić information content (AvgIpc) is 3.01. The Balaban J connectivity index is 2.21. The van der Waals surface area contributed by atoms with Crippen molar-refractivity contribution >= 4 is 35.0 Å². The normalized spacial score (nSPS) is 20.9. The van der Waals surface area contributed by atoms with Gasteiger partial charge in [-0.15, -0.1) is 11.8 Å². The monoisotopic (exact) mass is 447 g/mol. The molecule has 0 radical (unpaired) electrons. The van der Waals surface area contributed by atoms with E-state index in [0.717, 1.165) is 23.1 Å². The highest BCUT2D eigenvalue weighted by Crippen LogP contribution is 2.54. The number of alkyl halides is 2. The van der Waals surface area contributed by atoms with Crippen LogP contribution >= 0.6 is 23.1 Å². The van der Waals surface area contributed by atoms with E-state index in [0.29, 0.717) is 15.5 Å². The molecule has 2 atom stereocenters. The maximum Gasteiger partial charge on any atom is 0.387 e. The van der Waals surface area contributed by atoms with Crippen molar-refractivity contribution in [2.24, 2.45) is 5.41 Å². The van der Waals surface area contributed by atoms with Crippen LogP contribution in [0.25, 0.3) is 0 Å². The van der Waals surface area contributed by atoms with E-state index in [1.165, 1.54) is 25.3 Å². The third-order valence-electron chi connectivity index (χ3n) is 4.56. The predicted octanol–water partition coefficient (Wildman–Crippen LogP) is 2.83. The van der Waals surface area contributed by atoms with Crippen LogP contribution in [0.3, 0.4) is 0 Å². The molecule has 29 heavy (non-hydrogen) atoms. The van der Waals surface area contributed by atoms with Crippen molar-refractivity contribution < 1.29 is 38.1 Å². The third-order valence-corrected chi connectivity index (χ3v) is 6.91. The van der Waals surface area contributed by atoms with Gasteiger partial charge >= 0.3 is 23.4 Å². The number of hydrogen-bond acceptors (Lipinski definition) is 7. The van der Waals surface area contributed by atoms with Crippen molar-refractivity contribution in [3.05, 3.63) is 38.3 Å². The van der Waals surface area contributed by atoms with Crippen LogP contribution in [0.4, 0.5) is 8.78 Å². The number of thioether (sulfide) groups is 1. The lowest BCUT2D eigenvalue weighted by molar-refractivity contribution is -0.155. The molecule has 2 aromatic rings. The number of aromatic nitrogens is 1. The number of aliphatic carboxylic acids is 2. The molecule has 1 aromatic carbocycles. The van der Waals surface area contributed by atoms with Crippen LogP contribution in [-0.4, -0.2) is 46.6 Å². The molecule has 1 aliphatic heterocycles. The fraction of sp³-hybridized carbons (Fsp3) is 0.353. The maximum atomic E-state index is 12.6. The number of methoxy groups -OCH3 is 1. The van der Waals surface area contributed by atoms with Crippen LogP contribution in [0.15, 0.2) is 28.0 Å². The Kier molecular flexibility index (Phi) is 5.85. The van der Waals surface area contributed by atoms with Crippen LogP contribution in [0.2, 0.25) is 0 Å². The molecule has 0 spiro atoms. The van der Waals surface area contributed by atoms with Gasteiger partial charge in [0.15, 0.2) is 11.5 Å². The maximum absolute atomic E-state index is 12.6. The lowest BCUT2D eigenvalue weighted by Gasteiger charge is -2.39. The second-order valence-corrected chi connectivity index (χ2v) is 8.25. The smallest absolute Gasteiger partial charge is 0.387 e. The number of rotatable bonds is 7. The van der Waals surface area contributed by atoms with Gasteiger partial charge in [-0.3, -0.25) is 14.4 Å². The molecule has 1 aromatic heterocycles. The summed E-state index contributed by atoms with van der Waals surface area (Å²) in [5.74, 6) is -4.08. The topological polar surface area (TPSA) is 126 Å². The van der Waals surface area contributed by atoms with E-state index in [4.69, 9.17) is 4.74 Å². The molecule has 3 N–H and O–H groups in total. The molecule has 1 aliphatic rings. The minimum Gasteiger partial charge on any atom is -0.493 e. The molecule has 12 heteroatoms. The number of fused-ring (bicyclic) bond motifs is 1. The highest BCUT2D eigenvalue weighted by atomic mass is 32.2. The van der Waals surface area contributed by atoms with Gasteiger partial charge in [-0.05, 0) is 17.7 Å². The zero-order chi connectivity index (χ0) is 21.3. The van der Waals surface area contributed by atoms with Gasteiger partial charge in [0.1, 0.15) is 0 Å². The lowest BCUT2D eigenvalue weighted by atomic mass is 9.70. The van der Waals surface area contributed by atoms with E-state index in [1.807, 2.05) is 0 Å². The first-order chi connectivity index (χ1) is 13.7. The summed E-state index contributed by atoms with van der Waals surface area (Å²) in [7, 11) is 1.23. The first-order valence-corrected chi connectivity index (χ1v) is 9.92. The Labute approximate surface area is 170 Å². The van der Waals surface area contributed by atoms with E-state index in [1.54, 1.807) is 0 Å². The van der Waals surface area contributed by atoms with E-state index in [-0.39, 0.29) is 17.3 Å². The molecule has 0 amide bonds. The Hall–Kier alpha value is -2.60. The van der Waals surface area contributed by atoms with E-state index < -0.39 is 41.2 Å². The second-order valence-electron chi connectivity index (χ2n) is 6.25. The molecule has 0 unspecified atom stereocenters. The molecule has 3 rings (SSSR count). The van der Waals surface area contributed by atoms with Crippen molar-refractivity contribution in [2.45, 2.75) is 24.0 Å². The summed E-state index contributed by atoms with van der Waals surface area (Å²) in [5.41, 5.74) is -1.45. The molecule has 0 bridgehead atoms. The summed E-state index contributed by atoms with van der Waals surface area (Å²) < 4.78 is 34.7. The highest BCUT2D eigenvalue weighted by Gasteiger charge is 2.53. The number of thiazole rings is 1. The molecule has 156 valence electrons. The lowest BCUT2D eigenvalue weighted by Crippen LogP contribution is -2.44. The van der Waals surface area contributed by atoms with Crippen LogP contribution in [0.5, 0.6) is 11.5 Å². The summed E-state index contributed by atoms with van der Waals surface area (Å²) in [5, 5.41) is 19.8. The zero-order valence-corrected chi connectivity index (χ0v) is 16.4. The molecule has 8 nitrogen and oxygen atoms in total. The summed E-state index contributed by atoms with van der Waals surface area (Å²) in [6.07, 6.45) is -0.691. The minimum atomic E-state index is -3.09. The molecule has 0 aliphatic carbocycles. The van der Waals surface area contributed by atoms with E-state index >= 15 is 0 Å². The molecule has 0 saturated heterocycles. The Morgan fingerprint density at radius 3 is 2.66 bits per heavy atom. The van der Waals surface area contributed by atoms with Crippen molar-refractivity contribution in [1.82, 2.24) is 4.98 Å². The number of H-pyrrole nitrogens is 1. The standard InChI is InChI=1S/C17H15F2NO7S2/c1-26-9-4-7(2-3-8(9)27-15(18)19)11-12-13(20-16(25)29-12)28-6-17(11,14(23)24)5-10(21)22/h2-4,11,15H,5-6H2,1H3,(H,20,25)(H,21,22)(H,23,24)/t11-,17+/m0/s1. The number of carboxylic acids is 2. The largest absolute Gasteiger partial charge is 0.493 e. The van der Waals surface area contributed by atoms with Gasteiger partial charge in [-0.25, -0.2) is 0 Å². The van der Waals surface area contributed by atoms with E-state index in [9.17, 15) is 33.4 Å². The number of aromatic amines is 1. The van der Waals surface area contributed by atoms with Crippen LogP contribution in [0, 0.1) is 5.41 Å². The number of halogens is 2. The van der Waals surface area contributed by atoms with Crippen molar-refractivity contribution in [3.63, 3.8) is 0 Å². The van der Waals surface area contributed by atoms with Gasteiger partial charge in [0.25, 0.3) is 0 Å². The SMILES string of the molecule is COc1cc([C@H]2c3sc(=O)[nH]c3SC[C@@]2(CC(=O)O)C(=O)O)ccc1OC(F)F. The summed E-state index contributed by atoms with van der Waals surface area (Å²) in [6, 6.07) is 3.89. The molecule has 0 saturated carbocycles. The number of benzene rings is 1. The number of ether oxygens (including phenoxy) is 2. The summed E-state index contributed by atoms with van der Waals surface area (Å²) in [6.45, 7) is -3.09. The highest BCUT2D eigenvalue weighted by molar-refractivity contribution is 7.99. The van der Waals surface area contributed by atoms with E-state index in [2.05, 4.69) is 9.72 Å². The summed E-state index contributed by atoms with van der Waals surface area (Å²) >= 11 is 1.85. The molecule has 2 heterocycles. The summed E-state index contributed by atoms with van der Waals surface area (Å²) in [4.78, 5) is 38.2. The number of carboxylic acid groups (broad SMARTS) is 2. The number of hydrogen-bond donors (Lipinski definition) is 3. The minimum absolute atomic E-state index is 0.0694. The van der Waals surface area contributed by atoms with Crippen molar-refractivity contribution in [2.75, 3.05) is 12.9 Å². The predicted molar refractivity (Wildman–Crippen MR) is 99.5 cm³/mol. The second kappa shape index (κ2) is 8.03. The van der Waals surface area contributed by atoms with Gasteiger partial charge in [-0.1, -0.05) is 17.4 Å². The van der Waals surface area contributed by atoms with Crippen LogP contribution in [-0.2, 0) is 9.59 Å². The van der Waals surface area contributed by atoms with Gasteiger partial charge in [0.2, 0.25) is 0 Å². The zero-order valence-electron chi connectivity index (χ0n) is 14.8. The Morgan fingerprint density at radius 2 is 2.07 bits per heavy atom. The number of carbonyl (C=O) groups is 2. The molecular weight excluding hydrogens is 432 g/mol. The fourth-order valence-corrected chi connectivity index (χ4v) is 5.93. The molecule has 0 fully saturated rings. The van der Waals surface area contributed by atoms with Crippen molar-refractivity contribution in [3.8, 4) is 11.5 Å². The Morgan fingerprint density at radius 1 is 1.34 bits per heavy atom. The first kappa shape index (κ1) is 21.1. The third kappa shape index (κ3) is 3.94. The van der Waals surface area contributed by atoms with Gasteiger partial charge in [0.05, 0.1) is 24.0 Å².